The molecule has 1 aliphatic rings. The minimum Gasteiger partial charge on any atom is -0.480 e. The average molecular weight is 433 g/mol. The lowest BCUT2D eigenvalue weighted by Crippen LogP contribution is -2.22. The molecule has 3 aromatic rings. The van der Waals surface area contributed by atoms with Crippen LogP contribution in [0.1, 0.15) is 28.9 Å². The van der Waals surface area contributed by atoms with Gasteiger partial charge in [0.2, 0.25) is 5.88 Å². The maximum atomic E-state index is 13.8. The van der Waals surface area contributed by atoms with Gasteiger partial charge in [0.25, 0.3) is 5.91 Å². The molecule has 0 unspecified atom stereocenters. The van der Waals surface area contributed by atoms with Gasteiger partial charge in [0.05, 0.1) is 30.8 Å². The van der Waals surface area contributed by atoms with E-state index in [-0.39, 0.29) is 17.5 Å². The molecule has 0 bridgehead atoms. The van der Waals surface area contributed by atoms with E-state index in [0.717, 1.165) is 37.8 Å². The van der Waals surface area contributed by atoms with E-state index in [2.05, 4.69) is 30.5 Å². The summed E-state index contributed by atoms with van der Waals surface area (Å²) >= 11 is 0. The number of amides is 1. The van der Waals surface area contributed by atoms with Crippen LogP contribution in [-0.2, 0) is 6.18 Å². The molecule has 1 saturated heterocycles. The average Bonchev–Trinajstić information content (AvgIpc) is 3.44. The summed E-state index contributed by atoms with van der Waals surface area (Å²) in [4.78, 5) is 18.9. The van der Waals surface area contributed by atoms with E-state index in [1.165, 1.54) is 19.2 Å². The standard InChI is InChI=1S/C19H18F3N7O2/c1-31-16-7-6-15(26-27-16)29-17(19(20,21)22)13(11-24-29)18(30)25-14-5-4-12(10-23-14)28-8-2-3-9-28/h4-7,10-11H,2-3,8-9H2,1H3,(H,23,25,30). The molecule has 1 N–H and O–H groups in total. The first kappa shape index (κ1) is 20.6. The van der Waals surface area contributed by atoms with Gasteiger partial charge in [-0.1, -0.05) is 0 Å². The van der Waals surface area contributed by atoms with Gasteiger partial charge in [0.15, 0.2) is 11.5 Å². The molecule has 162 valence electrons. The molecule has 3 aromatic heterocycles. The second-order valence-electron chi connectivity index (χ2n) is 6.80. The number of methoxy groups -OCH3 is 1. The first-order valence-corrected chi connectivity index (χ1v) is 9.42. The Hall–Kier alpha value is -3.70. The van der Waals surface area contributed by atoms with E-state index in [4.69, 9.17) is 4.74 Å². The van der Waals surface area contributed by atoms with Crippen LogP contribution in [-0.4, -0.2) is 51.1 Å². The topological polar surface area (TPSA) is 98.1 Å². The second kappa shape index (κ2) is 8.20. The van der Waals surface area contributed by atoms with Crippen LogP contribution in [0.15, 0.2) is 36.7 Å². The number of hydrogen-bond donors (Lipinski definition) is 1. The molecule has 1 amide bonds. The van der Waals surface area contributed by atoms with Crippen molar-refractivity contribution in [2.75, 3.05) is 30.4 Å². The third-order valence-corrected chi connectivity index (χ3v) is 4.80. The molecular weight excluding hydrogens is 415 g/mol. The number of pyridine rings is 1. The van der Waals surface area contributed by atoms with E-state index in [1.807, 2.05) is 0 Å². The van der Waals surface area contributed by atoms with Gasteiger partial charge in [-0.2, -0.15) is 18.3 Å². The van der Waals surface area contributed by atoms with E-state index in [9.17, 15) is 18.0 Å². The van der Waals surface area contributed by atoms with Gasteiger partial charge in [-0.05, 0) is 31.0 Å². The van der Waals surface area contributed by atoms with Crippen molar-refractivity contribution >= 4 is 17.4 Å². The molecule has 0 radical (unpaired) electrons. The number of anilines is 2. The highest BCUT2D eigenvalue weighted by Crippen LogP contribution is 2.33. The van der Waals surface area contributed by atoms with Gasteiger partial charge >= 0.3 is 6.18 Å². The number of carbonyl (C=O) groups is 1. The van der Waals surface area contributed by atoms with E-state index < -0.39 is 23.3 Å². The quantitative estimate of drug-likeness (QED) is 0.661. The Labute approximate surface area is 174 Å². The molecule has 4 heterocycles. The maximum Gasteiger partial charge on any atom is 0.434 e. The van der Waals surface area contributed by atoms with Gasteiger partial charge < -0.3 is 15.0 Å². The summed E-state index contributed by atoms with van der Waals surface area (Å²) in [6.07, 6.45) is -0.245. The molecular formula is C19H18F3N7O2. The number of nitrogens with zero attached hydrogens (tertiary/aromatic N) is 6. The zero-order valence-corrected chi connectivity index (χ0v) is 16.4. The number of aromatic nitrogens is 5. The summed E-state index contributed by atoms with van der Waals surface area (Å²) in [6, 6.07) is 5.93. The summed E-state index contributed by atoms with van der Waals surface area (Å²) in [5, 5.41) is 13.4. The SMILES string of the molecule is COc1ccc(-n2ncc(C(=O)Nc3ccc(N4CCCC4)cn3)c2C(F)(F)F)nn1. The molecule has 31 heavy (non-hydrogen) atoms. The highest BCUT2D eigenvalue weighted by atomic mass is 19.4. The minimum atomic E-state index is -4.86. The number of rotatable bonds is 5. The fourth-order valence-corrected chi connectivity index (χ4v) is 3.30. The van der Waals surface area contributed by atoms with Crippen molar-refractivity contribution in [2.24, 2.45) is 0 Å². The minimum absolute atomic E-state index is 0.130. The Bertz CT molecular complexity index is 1060. The van der Waals surface area contributed by atoms with Gasteiger partial charge in [0.1, 0.15) is 5.82 Å². The van der Waals surface area contributed by atoms with E-state index in [1.54, 1.807) is 18.3 Å². The number of ether oxygens (including phenoxy) is 1. The van der Waals surface area contributed by atoms with E-state index in [0.29, 0.717) is 4.68 Å². The molecule has 0 aliphatic carbocycles. The first-order valence-electron chi connectivity index (χ1n) is 9.42. The number of alkyl halides is 3. The monoisotopic (exact) mass is 433 g/mol. The lowest BCUT2D eigenvalue weighted by atomic mass is 10.2. The van der Waals surface area contributed by atoms with Crippen LogP contribution in [0.2, 0.25) is 0 Å². The highest BCUT2D eigenvalue weighted by Gasteiger charge is 2.41. The molecule has 9 nitrogen and oxygen atoms in total. The van der Waals surface area contributed by atoms with Gasteiger partial charge in [-0.3, -0.25) is 4.79 Å². The van der Waals surface area contributed by atoms with Crippen LogP contribution in [0, 0.1) is 0 Å². The van der Waals surface area contributed by atoms with Crippen LogP contribution < -0.4 is 15.0 Å². The van der Waals surface area contributed by atoms with E-state index >= 15 is 0 Å². The zero-order chi connectivity index (χ0) is 22.0. The second-order valence-corrected chi connectivity index (χ2v) is 6.80. The summed E-state index contributed by atoms with van der Waals surface area (Å²) in [5.41, 5.74) is -1.02. The number of halogens is 3. The smallest absolute Gasteiger partial charge is 0.434 e. The van der Waals surface area contributed by atoms with Crippen molar-refractivity contribution in [3.63, 3.8) is 0 Å². The maximum absolute atomic E-state index is 13.8. The molecule has 0 saturated carbocycles. The molecule has 0 aromatic carbocycles. The summed E-state index contributed by atoms with van der Waals surface area (Å²) in [5.74, 6) is -0.925. The summed E-state index contributed by atoms with van der Waals surface area (Å²) in [6.45, 7) is 1.85. The lowest BCUT2D eigenvalue weighted by molar-refractivity contribution is -0.143. The van der Waals surface area contributed by atoms with Crippen molar-refractivity contribution < 1.29 is 22.7 Å². The Balaban J connectivity index is 1.59. The lowest BCUT2D eigenvalue weighted by Gasteiger charge is -2.17. The first-order chi connectivity index (χ1) is 14.9. The fraction of sp³-hybridized carbons (Fsp3) is 0.316. The van der Waals surface area contributed by atoms with Gasteiger partial charge in [-0.25, -0.2) is 9.67 Å². The molecule has 0 atom stereocenters. The highest BCUT2D eigenvalue weighted by molar-refractivity contribution is 6.04. The number of hydrogen-bond acceptors (Lipinski definition) is 7. The number of nitrogens with one attached hydrogen (secondary N) is 1. The predicted molar refractivity (Wildman–Crippen MR) is 104 cm³/mol. The third kappa shape index (κ3) is 4.27. The van der Waals surface area contributed by atoms with Gasteiger partial charge in [0, 0.05) is 19.2 Å². The Morgan fingerprint density at radius 3 is 2.45 bits per heavy atom. The fourth-order valence-electron chi connectivity index (χ4n) is 3.30. The van der Waals surface area contributed by atoms with Gasteiger partial charge in [-0.15, -0.1) is 10.2 Å². The Morgan fingerprint density at radius 2 is 1.87 bits per heavy atom. The van der Waals surface area contributed by atoms with Crippen molar-refractivity contribution in [2.45, 2.75) is 19.0 Å². The van der Waals surface area contributed by atoms with Crippen LogP contribution in [0.4, 0.5) is 24.7 Å². The van der Waals surface area contributed by atoms with Crippen LogP contribution in [0.25, 0.3) is 5.82 Å². The summed E-state index contributed by atoms with van der Waals surface area (Å²) in [7, 11) is 1.35. The Kier molecular flexibility index (Phi) is 5.44. The summed E-state index contributed by atoms with van der Waals surface area (Å²) < 4.78 is 46.7. The van der Waals surface area contributed by atoms with Crippen LogP contribution in [0.3, 0.4) is 0 Å². The molecule has 1 fully saturated rings. The normalized spacial score (nSPS) is 14.0. The molecule has 12 heteroatoms. The van der Waals surface area contributed by atoms with Crippen molar-refractivity contribution in [1.29, 1.82) is 0 Å². The van der Waals surface area contributed by atoms with Crippen molar-refractivity contribution in [3.8, 4) is 11.7 Å². The zero-order valence-electron chi connectivity index (χ0n) is 16.4. The van der Waals surface area contributed by atoms with Crippen molar-refractivity contribution in [1.82, 2.24) is 25.0 Å². The van der Waals surface area contributed by atoms with Crippen LogP contribution >= 0.6 is 0 Å². The van der Waals surface area contributed by atoms with Crippen LogP contribution in [0.5, 0.6) is 5.88 Å². The largest absolute Gasteiger partial charge is 0.480 e. The molecule has 1 aliphatic heterocycles. The molecule has 4 rings (SSSR count). The van der Waals surface area contributed by atoms with Crippen molar-refractivity contribution in [3.05, 3.63) is 47.9 Å². The predicted octanol–water partition coefficient (Wildman–Crippen LogP) is 2.94. The number of carbonyl (C=O) groups excluding carboxylic acids is 1. The Morgan fingerprint density at radius 1 is 1.10 bits per heavy atom. The third-order valence-electron chi connectivity index (χ3n) is 4.80. The molecule has 0 spiro atoms.